The maximum absolute atomic E-state index is 3.96. The Labute approximate surface area is 109 Å². The molecule has 0 saturated carbocycles. The largest absolute Gasteiger partial charge is 0.100 e. The lowest BCUT2D eigenvalue weighted by molar-refractivity contribution is 0.502. The molecule has 0 aliphatic heterocycles. The summed E-state index contributed by atoms with van der Waals surface area (Å²) in [7, 11) is 0. The Morgan fingerprint density at radius 2 is 2.12 bits per heavy atom. The predicted octanol–water partition coefficient (Wildman–Crippen LogP) is 6.06. The van der Waals surface area contributed by atoms with Crippen molar-refractivity contribution in [1.29, 1.82) is 0 Å². The number of allylic oxidation sites excluding steroid dienone is 5. The van der Waals surface area contributed by atoms with Crippen LogP contribution < -0.4 is 0 Å². The van der Waals surface area contributed by atoms with Crippen molar-refractivity contribution in [2.24, 2.45) is 5.92 Å². The standard InChI is InChI=1S/C15H24.C2H6/c1-4-14(12-8-9-13(2)3)15-10-6-5-7-11-15;1-2/h5-6,10,14H,2,4,7-9,11-12H2,1,3H3;1-2H3. The van der Waals surface area contributed by atoms with Crippen molar-refractivity contribution >= 4 is 0 Å². The van der Waals surface area contributed by atoms with Gasteiger partial charge >= 0.3 is 0 Å². The van der Waals surface area contributed by atoms with E-state index in [-0.39, 0.29) is 0 Å². The summed E-state index contributed by atoms with van der Waals surface area (Å²) in [6.07, 6.45) is 14.5. The average molecular weight is 234 g/mol. The molecule has 0 fully saturated rings. The molecule has 0 bridgehead atoms. The first kappa shape index (κ1) is 16.2. The van der Waals surface area contributed by atoms with Gasteiger partial charge in [0.25, 0.3) is 0 Å². The van der Waals surface area contributed by atoms with E-state index in [0.717, 1.165) is 5.92 Å². The van der Waals surface area contributed by atoms with Gasteiger partial charge in [0.2, 0.25) is 0 Å². The Bertz CT molecular complexity index is 255. The monoisotopic (exact) mass is 234 g/mol. The smallest absolute Gasteiger partial charge is 0.0203 e. The first-order chi connectivity index (χ1) is 8.24. The zero-order valence-electron chi connectivity index (χ0n) is 12.3. The molecule has 0 radical (unpaired) electrons. The van der Waals surface area contributed by atoms with Gasteiger partial charge in [-0.1, -0.05) is 50.1 Å². The molecule has 0 heterocycles. The topological polar surface area (TPSA) is 0 Å². The summed E-state index contributed by atoms with van der Waals surface area (Å²) in [6.45, 7) is 12.4. The van der Waals surface area contributed by atoms with Gasteiger partial charge in [0.05, 0.1) is 0 Å². The van der Waals surface area contributed by atoms with Gasteiger partial charge in [-0.2, -0.15) is 0 Å². The normalized spacial score (nSPS) is 15.6. The highest BCUT2D eigenvalue weighted by molar-refractivity contribution is 5.19. The molecule has 98 valence electrons. The van der Waals surface area contributed by atoms with Gasteiger partial charge in [-0.3, -0.25) is 0 Å². The minimum Gasteiger partial charge on any atom is -0.100 e. The molecule has 0 saturated heterocycles. The van der Waals surface area contributed by atoms with E-state index in [4.69, 9.17) is 0 Å². The molecule has 1 aliphatic carbocycles. The molecular formula is C17H30. The first-order valence-electron chi connectivity index (χ1n) is 7.24. The zero-order valence-corrected chi connectivity index (χ0v) is 12.3. The van der Waals surface area contributed by atoms with Gasteiger partial charge in [0.1, 0.15) is 0 Å². The van der Waals surface area contributed by atoms with Crippen LogP contribution in [-0.4, -0.2) is 0 Å². The maximum Gasteiger partial charge on any atom is -0.0203 e. The molecule has 0 aromatic heterocycles. The molecule has 17 heavy (non-hydrogen) atoms. The lowest BCUT2D eigenvalue weighted by Gasteiger charge is -2.20. The summed E-state index contributed by atoms with van der Waals surface area (Å²) in [5.41, 5.74) is 2.99. The fraction of sp³-hybridized carbons (Fsp3) is 0.647. The summed E-state index contributed by atoms with van der Waals surface area (Å²) < 4.78 is 0. The Hall–Kier alpha value is -0.780. The third-order valence-electron chi connectivity index (χ3n) is 3.22. The second-order valence-electron chi connectivity index (χ2n) is 4.66. The van der Waals surface area contributed by atoms with Crippen LogP contribution >= 0.6 is 0 Å². The van der Waals surface area contributed by atoms with Crippen LogP contribution in [0.1, 0.15) is 66.2 Å². The number of hydrogen-bond acceptors (Lipinski definition) is 0. The minimum absolute atomic E-state index is 0.814. The third kappa shape index (κ3) is 7.20. The lowest BCUT2D eigenvalue weighted by Crippen LogP contribution is -2.04. The van der Waals surface area contributed by atoms with Crippen LogP contribution in [0.25, 0.3) is 0 Å². The lowest BCUT2D eigenvalue weighted by atomic mass is 9.86. The Morgan fingerprint density at radius 3 is 2.59 bits per heavy atom. The summed E-state index contributed by atoms with van der Waals surface area (Å²) in [4.78, 5) is 0. The highest BCUT2D eigenvalue weighted by Gasteiger charge is 2.12. The Kier molecular flexibility index (Phi) is 9.90. The van der Waals surface area contributed by atoms with Gasteiger partial charge in [0.15, 0.2) is 0 Å². The molecule has 0 amide bonds. The average Bonchev–Trinajstić information content (AvgIpc) is 2.38. The van der Waals surface area contributed by atoms with E-state index in [1.165, 1.54) is 44.1 Å². The van der Waals surface area contributed by atoms with E-state index in [0.29, 0.717) is 0 Å². The minimum atomic E-state index is 0.814. The fourth-order valence-corrected chi connectivity index (χ4v) is 2.26. The molecule has 1 atom stereocenters. The quantitative estimate of drug-likeness (QED) is 0.490. The van der Waals surface area contributed by atoms with Crippen molar-refractivity contribution in [1.82, 2.24) is 0 Å². The van der Waals surface area contributed by atoms with Crippen LogP contribution in [0.15, 0.2) is 36.0 Å². The van der Waals surface area contributed by atoms with Crippen molar-refractivity contribution < 1.29 is 0 Å². The van der Waals surface area contributed by atoms with Crippen LogP contribution in [0.2, 0.25) is 0 Å². The van der Waals surface area contributed by atoms with Gasteiger partial charge < -0.3 is 0 Å². The number of hydrogen-bond donors (Lipinski definition) is 0. The van der Waals surface area contributed by atoms with E-state index in [1.54, 1.807) is 5.57 Å². The summed E-state index contributed by atoms with van der Waals surface area (Å²) in [5, 5.41) is 0. The van der Waals surface area contributed by atoms with Gasteiger partial charge in [-0.25, -0.2) is 0 Å². The first-order valence-corrected chi connectivity index (χ1v) is 7.24. The van der Waals surface area contributed by atoms with Gasteiger partial charge in [0, 0.05) is 0 Å². The van der Waals surface area contributed by atoms with Crippen LogP contribution in [0.3, 0.4) is 0 Å². The molecular weight excluding hydrogens is 204 g/mol. The van der Waals surface area contributed by atoms with Crippen molar-refractivity contribution in [3.8, 4) is 0 Å². The second-order valence-corrected chi connectivity index (χ2v) is 4.66. The molecule has 0 nitrogen and oxygen atoms in total. The van der Waals surface area contributed by atoms with E-state index < -0.39 is 0 Å². The van der Waals surface area contributed by atoms with E-state index >= 15 is 0 Å². The van der Waals surface area contributed by atoms with Crippen molar-refractivity contribution in [2.45, 2.75) is 66.2 Å². The van der Waals surface area contributed by atoms with Gasteiger partial charge in [-0.05, 0) is 51.4 Å². The number of rotatable bonds is 6. The van der Waals surface area contributed by atoms with Crippen LogP contribution in [0.5, 0.6) is 0 Å². The highest BCUT2D eigenvalue weighted by atomic mass is 14.2. The fourth-order valence-electron chi connectivity index (χ4n) is 2.26. The molecule has 0 N–H and O–H groups in total. The van der Waals surface area contributed by atoms with Crippen LogP contribution in [0, 0.1) is 5.92 Å². The second kappa shape index (κ2) is 10.4. The molecule has 1 unspecified atom stereocenters. The highest BCUT2D eigenvalue weighted by Crippen LogP contribution is 2.28. The SMILES string of the molecule is C=C(C)CCCC(CC)C1=CC=CCC1.CC. The van der Waals surface area contributed by atoms with Crippen molar-refractivity contribution in [3.05, 3.63) is 36.0 Å². The van der Waals surface area contributed by atoms with Crippen molar-refractivity contribution in [2.75, 3.05) is 0 Å². The molecule has 1 aliphatic rings. The zero-order chi connectivity index (χ0) is 13.1. The molecule has 0 aromatic rings. The molecule has 0 spiro atoms. The molecule has 1 rings (SSSR count). The van der Waals surface area contributed by atoms with E-state index in [1.807, 2.05) is 13.8 Å². The summed E-state index contributed by atoms with van der Waals surface area (Å²) >= 11 is 0. The summed E-state index contributed by atoms with van der Waals surface area (Å²) in [5.74, 6) is 0.814. The Morgan fingerprint density at radius 1 is 1.41 bits per heavy atom. The van der Waals surface area contributed by atoms with Gasteiger partial charge in [-0.15, -0.1) is 6.58 Å². The van der Waals surface area contributed by atoms with E-state index in [9.17, 15) is 0 Å². The predicted molar refractivity (Wildman–Crippen MR) is 80.3 cm³/mol. The summed E-state index contributed by atoms with van der Waals surface area (Å²) in [6, 6.07) is 0. The third-order valence-corrected chi connectivity index (χ3v) is 3.22. The van der Waals surface area contributed by atoms with E-state index in [2.05, 4.69) is 38.7 Å². The molecule has 0 aromatic carbocycles. The van der Waals surface area contributed by atoms with Crippen LogP contribution in [0.4, 0.5) is 0 Å². The van der Waals surface area contributed by atoms with Crippen molar-refractivity contribution in [3.63, 3.8) is 0 Å². The Balaban J connectivity index is 0.00000121. The van der Waals surface area contributed by atoms with Crippen LogP contribution in [-0.2, 0) is 0 Å². The maximum atomic E-state index is 3.96. The molecule has 0 heteroatoms.